The first-order chi connectivity index (χ1) is 8.15. The van der Waals surface area contributed by atoms with Crippen LogP contribution >= 0.6 is 0 Å². The van der Waals surface area contributed by atoms with Crippen LogP contribution in [0.25, 0.3) is 0 Å². The van der Waals surface area contributed by atoms with E-state index in [0.29, 0.717) is 17.9 Å². The smallest absolute Gasteiger partial charge is 0.219 e. The van der Waals surface area contributed by atoms with Crippen LogP contribution in [-0.2, 0) is 4.79 Å². The fraction of sp³-hybridized carbons (Fsp3) is 0.545. The molecule has 0 spiro atoms. The monoisotopic (exact) mass is 233 g/mol. The Labute approximate surface area is 99.4 Å². The third-order valence-corrected chi connectivity index (χ3v) is 3.61. The molecule has 1 aromatic heterocycles. The van der Waals surface area contributed by atoms with E-state index in [9.17, 15) is 4.79 Å². The van der Waals surface area contributed by atoms with E-state index in [1.807, 2.05) is 4.90 Å². The number of carbonyl (C=O) groups excluding carboxylic acids is 1. The zero-order valence-corrected chi connectivity index (χ0v) is 9.71. The highest BCUT2D eigenvalue weighted by molar-refractivity contribution is 5.75. The van der Waals surface area contributed by atoms with Crippen molar-refractivity contribution in [3.8, 4) is 0 Å². The number of nitrogens with two attached hydrogens (primary N) is 1. The molecule has 1 amide bonds. The van der Waals surface area contributed by atoms with Crippen molar-refractivity contribution < 1.29 is 4.79 Å². The number of anilines is 2. The summed E-state index contributed by atoms with van der Waals surface area (Å²) in [6.07, 6.45) is 2.52. The lowest BCUT2D eigenvalue weighted by Crippen LogP contribution is -2.48. The summed E-state index contributed by atoms with van der Waals surface area (Å²) in [4.78, 5) is 23.7. The third-order valence-electron chi connectivity index (χ3n) is 3.61. The molecule has 90 valence electrons. The predicted molar refractivity (Wildman–Crippen MR) is 63.4 cm³/mol. The van der Waals surface area contributed by atoms with Gasteiger partial charge in [-0.3, -0.25) is 4.79 Å². The van der Waals surface area contributed by atoms with Crippen LogP contribution in [0.5, 0.6) is 0 Å². The molecule has 2 atom stereocenters. The van der Waals surface area contributed by atoms with Gasteiger partial charge >= 0.3 is 0 Å². The van der Waals surface area contributed by atoms with Crippen LogP contribution in [0.2, 0.25) is 0 Å². The average molecular weight is 233 g/mol. The Kier molecular flexibility index (Phi) is 2.17. The second kappa shape index (κ2) is 3.58. The maximum absolute atomic E-state index is 11.4. The number of hydrogen-bond acceptors (Lipinski definition) is 5. The van der Waals surface area contributed by atoms with Crippen LogP contribution in [-0.4, -0.2) is 45.9 Å². The number of piperazine rings is 1. The highest BCUT2D eigenvalue weighted by atomic mass is 16.2. The van der Waals surface area contributed by atoms with Crippen LogP contribution in [0, 0.1) is 0 Å². The van der Waals surface area contributed by atoms with Crippen molar-refractivity contribution in [1.29, 1.82) is 0 Å². The van der Waals surface area contributed by atoms with Gasteiger partial charge in [0.15, 0.2) is 0 Å². The van der Waals surface area contributed by atoms with E-state index in [2.05, 4.69) is 14.9 Å². The summed E-state index contributed by atoms with van der Waals surface area (Å²) in [7, 11) is 0. The van der Waals surface area contributed by atoms with Crippen molar-refractivity contribution in [3.05, 3.63) is 12.4 Å². The van der Waals surface area contributed by atoms with Gasteiger partial charge in [0.1, 0.15) is 18.0 Å². The number of hydrogen-bond donors (Lipinski definition) is 1. The molecule has 3 rings (SSSR count). The standard InChI is InChI=1S/C11H15N5O/c1-7(17)15-4-9-2-8(15)5-16(9)11-3-10(12)13-6-14-11/h3,6,8-9H,2,4-5H2,1H3,(H2,12,13,14). The molecule has 0 aliphatic carbocycles. The first-order valence-electron chi connectivity index (χ1n) is 5.76. The molecule has 6 nitrogen and oxygen atoms in total. The summed E-state index contributed by atoms with van der Waals surface area (Å²) in [5.74, 6) is 1.52. The lowest BCUT2D eigenvalue weighted by Gasteiger charge is -2.34. The fourth-order valence-electron chi connectivity index (χ4n) is 2.85. The first kappa shape index (κ1) is 10.3. The maximum Gasteiger partial charge on any atom is 0.219 e. The molecule has 2 aliphatic rings. The SMILES string of the molecule is CC(=O)N1CC2CC1CN2c1cc(N)ncn1. The van der Waals surface area contributed by atoms with Gasteiger partial charge in [-0.2, -0.15) is 0 Å². The van der Waals surface area contributed by atoms with Gasteiger partial charge in [-0.1, -0.05) is 0 Å². The molecule has 17 heavy (non-hydrogen) atoms. The molecular formula is C11H15N5O. The fourth-order valence-corrected chi connectivity index (χ4v) is 2.85. The Morgan fingerprint density at radius 2 is 2.24 bits per heavy atom. The predicted octanol–water partition coefficient (Wildman–Crippen LogP) is -0.132. The summed E-state index contributed by atoms with van der Waals surface area (Å²) in [6, 6.07) is 2.49. The summed E-state index contributed by atoms with van der Waals surface area (Å²) in [6.45, 7) is 3.28. The molecule has 6 heteroatoms. The zero-order valence-electron chi connectivity index (χ0n) is 9.71. The Morgan fingerprint density at radius 3 is 2.82 bits per heavy atom. The molecule has 1 aromatic rings. The van der Waals surface area contributed by atoms with Crippen molar-refractivity contribution in [3.63, 3.8) is 0 Å². The van der Waals surface area contributed by atoms with Gasteiger partial charge in [-0.05, 0) is 6.42 Å². The van der Waals surface area contributed by atoms with Crippen LogP contribution in [0.1, 0.15) is 13.3 Å². The molecule has 2 aliphatic heterocycles. The van der Waals surface area contributed by atoms with Crippen molar-refractivity contribution in [2.45, 2.75) is 25.4 Å². The molecule has 2 fully saturated rings. The van der Waals surface area contributed by atoms with E-state index in [1.165, 1.54) is 6.33 Å². The van der Waals surface area contributed by atoms with Crippen LogP contribution in [0.4, 0.5) is 11.6 Å². The summed E-state index contributed by atoms with van der Waals surface area (Å²) in [5, 5.41) is 0. The molecule has 0 saturated carbocycles. The van der Waals surface area contributed by atoms with Gasteiger partial charge in [0, 0.05) is 26.1 Å². The largest absolute Gasteiger partial charge is 0.384 e. The van der Waals surface area contributed by atoms with E-state index in [-0.39, 0.29) is 5.91 Å². The molecule has 0 radical (unpaired) electrons. The van der Waals surface area contributed by atoms with Crippen molar-refractivity contribution >= 4 is 17.5 Å². The molecule has 0 aromatic carbocycles. The molecule has 2 saturated heterocycles. The van der Waals surface area contributed by atoms with E-state index in [4.69, 9.17) is 5.73 Å². The van der Waals surface area contributed by atoms with Gasteiger partial charge in [0.05, 0.1) is 12.1 Å². The number of aromatic nitrogens is 2. The number of nitrogen functional groups attached to an aromatic ring is 1. The quantitative estimate of drug-likeness (QED) is 0.731. The number of nitrogens with zero attached hydrogens (tertiary/aromatic N) is 4. The summed E-state index contributed by atoms with van der Waals surface area (Å²) < 4.78 is 0. The van der Waals surface area contributed by atoms with Gasteiger partial charge < -0.3 is 15.5 Å². The molecule has 3 heterocycles. The first-order valence-corrected chi connectivity index (χ1v) is 5.76. The minimum atomic E-state index is 0.166. The summed E-state index contributed by atoms with van der Waals surface area (Å²) in [5.41, 5.74) is 5.66. The normalized spacial score (nSPS) is 26.6. The molecule has 2 bridgehead atoms. The van der Waals surface area contributed by atoms with Gasteiger partial charge in [0.25, 0.3) is 0 Å². The van der Waals surface area contributed by atoms with Crippen molar-refractivity contribution in [2.24, 2.45) is 0 Å². The van der Waals surface area contributed by atoms with Gasteiger partial charge in [0.2, 0.25) is 5.91 Å². The summed E-state index contributed by atoms with van der Waals surface area (Å²) >= 11 is 0. The Balaban J connectivity index is 1.80. The maximum atomic E-state index is 11.4. The zero-order chi connectivity index (χ0) is 12.0. The molecular weight excluding hydrogens is 218 g/mol. The van der Waals surface area contributed by atoms with Crippen LogP contribution in [0.3, 0.4) is 0 Å². The minimum Gasteiger partial charge on any atom is -0.384 e. The van der Waals surface area contributed by atoms with Crippen molar-refractivity contribution in [1.82, 2.24) is 14.9 Å². The highest BCUT2D eigenvalue weighted by Gasteiger charge is 2.44. The Hall–Kier alpha value is -1.85. The number of likely N-dealkylation sites (tertiary alicyclic amines) is 1. The minimum absolute atomic E-state index is 0.166. The van der Waals surface area contributed by atoms with Crippen LogP contribution < -0.4 is 10.6 Å². The number of fused-ring (bicyclic) bond motifs is 2. The van der Waals surface area contributed by atoms with E-state index < -0.39 is 0 Å². The van der Waals surface area contributed by atoms with E-state index in [1.54, 1.807) is 13.0 Å². The number of rotatable bonds is 1. The van der Waals surface area contributed by atoms with E-state index in [0.717, 1.165) is 25.3 Å². The van der Waals surface area contributed by atoms with Crippen molar-refractivity contribution in [2.75, 3.05) is 23.7 Å². The third kappa shape index (κ3) is 1.60. The van der Waals surface area contributed by atoms with E-state index >= 15 is 0 Å². The second-order valence-electron chi connectivity index (χ2n) is 4.67. The lowest BCUT2D eigenvalue weighted by molar-refractivity contribution is -0.129. The number of amides is 1. The van der Waals surface area contributed by atoms with Gasteiger partial charge in [-0.15, -0.1) is 0 Å². The van der Waals surface area contributed by atoms with Gasteiger partial charge in [-0.25, -0.2) is 9.97 Å². The molecule has 2 N–H and O–H groups in total. The second-order valence-corrected chi connectivity index (χ2v) is 4.67. The Bertz CT molecular complexity index is 463. The Morgan fingerprint density at radius 1 is 1.41 bits per heavy atom. The highest BCUT2D eigenvalue weighted by Crippen LogP contribution is 2.33. The van der Waals surface area contributed by atoms with Crippen LogP contribution in [0.15, 0.2) is 12.4 Å². The number of carbonyl (C=O) groups is 1. The molecule has 2 unspecified atom stereocenters. The lowest BCUT2D eigenvalue weighted by atomic mass is 10.2. The average Bonchev–Trinajstić information content (AvgIpc) is 2.87. The topological polar surface area (TPSA) is 75.4 Å².